The molecule has 4 rings (SSSR count). The highest BCUT2D eigenvalue weighted by Crippen LogP contribution is 2.38. The van der Waals surface area contributed by atoms with Crippen LogP contribution in [0.25, 0.3) is 0 Å². The third kappa shape index (κ3) is 1.75. The van der Waals surface area contributed by atoms with Crippen LogP contribution in [0.15, 0.2) is 42.5 Å². The van der Waals surface area contributed by atoms with Gasteiger partial charge in [0.15, 0.2) is 0 Å². The molecule has 2 aromatic carbocycles. The van der Waals surface area contributed by atoms with Crippen molar-refractivity contribution in [2.45, 2.75) is 18.9 Å². The average molecular weight is 251 g/mol. The second-order valence-corrected chi connectivity index (χ2v) is 5.27. The Morgan fingerprint density at radius 3 is 2.74 bits per heavy atom. The van der Waals surface area contributed by atoms with Gasteiger partial charge >= 0.3 is 0 Å². The fourth-order valence-corrected chi connectivity index (χ4v) is 3.25. The zero-order chi connectivity index (χ0) is 12.7. The molecule has 0 amide bonds. The van der Waals surface area contributed by atoms with Gasteiger partial charge in [0.2, 0.25) is 0 Å². The Kier molecular flexibility index (Phi) is 2.56. The van der Waals surface area contributed by atoms with Gasteiger partial charge in [-0.15, -0.1) is 0 Å². The maximum absolute atomic E-state index is 5.86. The van der Waals surface area contributed by atoms with Crippen LogP contribution in [0.5, 0.6) is 5.75 Å². The molecule has 0 saturated heterocycles. The van der Waals surface area contributed by atoms with Gasteiger partial charge in [0, 0.05) is 18.5 Å². The molecular formula is C17H17NO. The highest BCUT2D eigenvalue weighted by Gasteiger charge is 2.26. The summed E-state index contributed by atoms with van der Waals surface area (Å²) in [5.41, 5.74) is 5.50. The minimum atomic E-state index is 0.276. The van der Waals surface area contributed by atoms with Crippen molar-refractivity contribution in [3.8, 4) is 5.75 Å². The summed E-state index contributed by atoms with van der Waals surface area (Å²) in [6.07, 6.45) is 2.15. The second kappa shape index (κ2) is 4.39. The van der Waals surface area contributed by atoms with E-state index in [1.165, 1.54) is 22.3 Å². The van der Waals surface area contributed by atoms with Crippen molar-refractivity contribution in [3.05, 3.63) is 64.7 Å². The van der Waals surface area contributed by atoms with Gasteiger partial charge in [-0.1, -0.05) is 42.5 Å². The molecule has 0 spiro atoms. The minimum absolute atomic E-state index is 0.276. The summed E-state index contributed by atoms with van der Waals surface area (Å²) in [5.74, 6) is 1.11. The molecule has 0 radical (unpaired) electrons. The third-order valence-electron chi connectivity index (χ3n) is 4.16. The smallest absolute Gasteiger partial charge is 0.127 e. The van der Waals surface area contributed by atoms with Crippen molar-refractivity contribution >= 4 is 0 Å². The summed E-state index contributed by atoms with van der Waals surface area (Å²) in [6.45, 7) is 1.85. The van der Waals surface area contributed by atoms with Crippen molar-refractivity contribution in [3.63, 3.8) is 0 Å². The maximum atomic E-state index is 5.86. The molecular weight excluding hydrogens is 234 g/mol. The monoisotopic (exact) mass is 251 g/mol. The predicted molar refractivity (Wildman–Crippen MR) is 75.6 cm³/mol. The molecule has 2 aliphatic rings. The lowest BCUT2D eigenvalue weighted by Crippen LogP contribution is -2.30. The van der Waals surface area contributed by atoms with E-state index in [0.29, 0.717) is 0 Å². The molecule has 2 aromatic rings. The van der Waals surface area contributed by atoms with Gasteiger partial charge in [-0.2, -0.15) is 0 Å². The van der Waals surface area contributed by atoms with Crippen molar-refractivity contribution in [2.75, 3.05) is 13.2 Å². The summed E-state index contributed by atoms with van der Waals surface area (Å²) in [5, 5.41) is 3.64. The van der Waals surface area contributed by atoms with Gasteiger partial charge in [0.25, 0.3) is 0 Å². The zero-order valence-corrected chi connectivity index (χ0v) is 10.9. The van der Waals surface area contributed by atoms with Crippen molar-refractivity contribution < 1.29 is 4.74 Å². The molecule has 0 aliphatic carbocycles. The van der Waals surface area contributed by atoms with Gasteiger partial charge in [0.05, 0.1) is 12.6 Å². The van der Waals surface area contributed by atoms with E-state index in [0.717, 1.165) is 31.7 Å². The molecule has 0 aromatic heterocycles. The normalized spacial score (nSPS) is 20.5. The van der Waals surface area contributed by atoms with Crippen molar-refractivity contribution in [1.82, 2.24) is 5.32 Å². The first-order chi connectivity index (χ1) is 9.43. The van der Waals surface area contributed by atoms with Gasteiger partial charge in [-0.25, -0.2) is 0 Å². The quantitative estimate of drug-likeness (QED) is 0.841. The van der Waals surface area contributed by atoms with Crippen LogP contribution in [0, 0.1) is 0 Å². The first-order valence-electron chi connectivity index (χ1n) is 6.99. The lowest BCUT2D eigenvalue weighted by Gasteiger charge is -2.28. The Labute approximate surface area is 113 Å². The number of benzene rings is 2. The van der Waals surface area contributed by atoms with Crippen LogP contribution in [0.3, 0.4) is 0 Å². The third-order valence-corrected chi connectivity index (χ3v) is 4.16. The first kappa shape index (κ1) is 11.1. The van der Waals surface area contributed by atoms with Gasteiger partial charge in [-0.05, 0) is 23.1 Å². The van der Waals surface area contributed by atoms with E-state index in [4.69, 9.17) is 4.74 Å². The van der Waals surface area contributed by atoms with Crippen LogP contribution in [0.1, 0.15) is 28.3 Å². The highest BCUT2D eigenvalue weighted by molar-refractivity contribution is 5.50. The standard InChI is InChI=1S/C17H17NO/c1-2-6-14-12(4-1)8-10-18-16(14)15-7-3-5-13-9-11-19-17(13)15/h1-7,16,18H,8-11H2. The molecule has 1 unspecified atom stereocenters. The van der Waals surface area contributed by atoms with Gasteiger partial charge in [-0.3, -0.25) is 0 Å². The molecule has 2 nitrogen and oxygen atoms in total. The molecule has 1 N–H and O–H groups in total. The number of fused-ring (bicyclic) bond motifs is 2. The molecule has 2 heteroatoms. The molecule has 0 saturated carbocycles. The number of rotatable bonds is 1. The fraction of sp³-hybridized carbons (Fsp3) is 0.294. The van der Waals surface area contributed by atoms with E-state index in [9.17, 15) is 0 Å². The van der Waals surface area contributed by atoms with E-state index in [1.54, 1.807) is 0 Å². The Hall–Kier alpha value is -1.80. The first-order valence-corrected chi connectivity index (χ1v) is 6.99. The summed E-state index contributed by atoms with van der Waals surface area (Å²) >= 11 is 0. The number of ether oxygens (including phenoxy) is 1. The van der Waals surface area contributed by atoms with Crippen molar-refractivity contribution in [1.29, 1.82) is 0 Å². The second-order valence-electron chi connectivity index (χ2n) is 5.27. The van der Waals surface area contributed by atoms with Crippen LogP contribution in [0.4, 0.5) is 0 Å². The molecule has 0 bridgehead atoms. The largest absolute Gasteiger partial charge is 0.493 e. The maximum Gasteiger partial charge on any atom is 0.127 e. The van der Waals surface area contributed by atoms with Crippen LogP contribution in [-0.2, 0) is 12.8 Å². The minimum Gasteiger partial charge on any atom is -0.493 e. The van der Waals surface area contributed by atoms with Gasteiger partial charge < -0.3 is 10.1 Å². The lowest BCUT2D eigenvalue weighted by molar-refractivity contribution is 0.350. The van der Waals surface area contributed by atoms with E-state index in [1.807, 2.05) is 0 Å². The highest BCUT2D eigenvalue weighted by atomic mass is 16.5. The summed E-state index contributed by atoms with van der Waals surface area (Å²) in [4.78, 5) is 0. The summed E-state index contributed by atoms with van der Waals surface area (Å²) in [7, 11) is 0. The Morgan fingerprint density at radius 2 is 1.74 bits per heavy atom. The van der Waals surface area contributed by atoms with Crippen LogP contribution < -0.4 is 10.1 Å². The molecule has 0 fully saturated rings. The molecule has 96 valence electrons. The molecule has 2 heterocycles. The van der Waals surface area contributed by atoms with E-state index in [-0.39, 0.29) is 6.04 Å². The zero-order valence-electron chi connectivity index (χ0n) is 10.9. The number of hydrogen-bond donors (Lipinski definition) is 1. The lowest BCUT2D eigenvalue weighted by atomic mass is 9.89. The molecule has 1 atom stereocenters. The van der Waals surface area contributed by atoms with E-state index in [2.05, 4.69) is 47.8 Å². The number of para-hydroxylation sites is 1. The molecule has 19 heavy (non-hydrogen) atoms. The topological polar surface area (TPSA) is 21.3 Å². The Morgan fingerprint density at radius 1 is 0.895 bits per heavy atom. The SMILES string of the molecule is c1ccc2c(c1)CCNC2c1cccc2c1OCC2. The van der Waals surface area contributed by atoms with Crippen LogP contribution in [-0.4, -0.2) is 13.2 Å². The summed E-state index contributed by atoms with van der Waals surface area (Å²) < 4.78 is 5.86. The predicted octanol–water partition coefficient (Wildman–Crippen LogP) is 2.86. The average Bonchev–Trinajstić information content (AvgIpc) is 2.95. The molecule has 2 aliphatic heterocycles. The summed E-state index contributed by atoms with van der Waals surface area (Å²) in [6, 6.07) is 15.5. The van der Waals surface area contributed by atoms with E-state index < -0.39 is 0 Å². The van der Waals surface area contributed by atoms with Crippen molar-refractivity contribution in [2.24, 2.45) is 0 Å². The van der Waals surface area contributed by atoms with Crippen LogP contribution in [0.2, 0.25) is 0 Å². The van der Waals surface area contributed by atoms with Crippen LogP contribution >= 0.6 is 0 Å². The number of nitrogens with one attached hydrogen (secondary N) is 1. The Balaban J connectivity index is 1.84. The fourth-order valence-electron chi connectivity index (χ4n) is 3.25. The number of hydrogen-bond acceptors (Lipinski definition) is 2. The van der Waals surface area contributed by atoms with E-state index >= 15 is 0 Å². The van der Waals surface area contributed by atoms with Gasteiger partial charge in [0.1, 0.15) is 5.75 Å². The Bertz CT molecular complexity index is 620.